The summed E-state index contributed by atoms with van der Waals surface area (Å²) in [4.78, 5) is 26.3. The molecule has 0 atom stereocenters. The molecule has 0 aliphatic carbocycles. The third-order valence-electron chi connectivity index (χ3n) is 7.21. The van der Waals surface area contributed by atoms with E-state index in [1.165, 1.54) is 11.9 Å². The number of piperazine rings is 1. The number of hydrogen-bond acceptors (Lipinski definition) is 7. The molecule has 11 heteroatoms. The highest BCUT2D eigenvalue weighted by atomic mass is 19.3. The van der Waals surface area contributed by atoms with Gasteiger partial charge in [-0.2, -0.15) is 0 Å². The molecule has 0 unspecified atom stereocenters. The first kappa shape index (κ1) is 25.8. The molecule has 6 rings (SSSR count). The van der Waals surface area contributed by atoms with E-state index in [1.54, 1.807) is 16.7 Å². The fourth-order valence-corrected chi connectivity index (χ4v) is 5.08. The van der Waals surface area contributed by atoms with Gasteiger partial charge in [0.1, 0.15) is 23.0 Å². The molecule has 3 N–H and O–H groups in total. The molecule has 0 saturated carbocycles. The highest BCUT2D eigenvalue weighted by molar-refractivity contribution is 5.94. The summed E-state index contributed by atoms with van der Waals surface area (Å²) in [6.45, 7) is 3.98. The van der Waals surface area contributed by atoms with E-state index in [0.29, 0.717) is 12.2 Å². The van der Waals surface area contributed by atoms with Gasteiger partial charge in [-0.3, -0.25) is 9.20 Å². The van der Waals surface area contributed by atoms with E-state index in [1.807, 2.05) is 24.3 Å². The van der Waals surface area contributed by atoms with Crippen molar-refractivity contribution < 1.29 is 13.6 Å². The van der Waals surface area contributed by atoms with E-state index >= 15 is 0 Å². The number of pyridine rings is 2. The van der Waals surface area contributed by atoms with Crippen molar-refractivity contribution in [2.75, 3.05) is 61.8 Å². The van der Waals surface area contributed by atoms with Gasteiger partial charge in [-0.15, -0.1) is 0 Å². The molecule has 4 aromatic rings. The Labute approximate surface area is 230 Å². The van der Waals surface area contributed by atoms with Gasteiger partial charge in [0.05, 0.1) is 12.7 Å². The van der Waals surface area contributed by atoms with E-state index in [2.05, 4.69) is 62.1 Å². The van der Waals surface area contributed by atoms with Gasteiger partial charge >= 0.3 is 0 Å². The predicted molar refractivity (Wildman–Crippen MR) is 153 cm³/mol. The fraction of sp³-hybridized carbons (Fsp3) is 0.276. The van der Waals surface area contributed by atoms with Crippen molar-refractivity contribution in [3.05, 3.63) is 83.8 Å². The third-order valence-corrected chi connectivity index (χ3v) is 7.21. The number of benzene rings is 1. The lowest BCUT2D eigenvalue weighted by molar-refractivity contribution is 0.0886. The number of carbonyl (C=O) groups excluding carboxylic acids is 1. The molecule has 2 aliphatic rings. The molecule has 0 spiro atoms. The zero-order valence-electron chi connectivity index (χ0n) is 22.1. The van der Waals surface area contributed by atoms with Crippen molar-refractivity contribution >= 4 is 40.1 Å². The first-order valence-corrected chi connectivity index (χ1v) is 13.2. The van der Waals surface area contributed by atoms with Gasteiger partial charge < -0.3 is 25.8 Å². The molecule has 3 aromatic heterocycles. The normalized spacial score (nSPS) is 15.5. The Balaban J connectivity index is 1.22. The first-order valence-electron chi connectivity index (χ1n) is 13.2. The summed E-state index contributed by atoms with van der Waals surface area (Å²) in [5.74, 6) is 0.878. The number of anilines is 4. The number of nitrogens with one attached hydrogen (secondary N) is 3. The largest absolute Gasteiger partial charge is 0.369 e. The fourth-order valence-electron chi connectivity index (χ4n) is 5.08. The summed E-state index contributed by atoms with van der Waals surface area (Å²) in [6, 6.07) is 16.1. The summed E-state index contributed by atoms with van der Waals surface area (Å²) in [6.07, 6.45) is 2.63. The number of halogens is 2. The maximum absolute atomic E-state index is 12.6. The molecule has 0 radical (unpaired) electrons. The minimum Gasteiger partial charge on any atom is -0.369 e. The van der Waals surface area contributed by atoms with E-state index in [4.69, 9.17) is 4.98 Å². The number of fused-ring (bicyclic) bond motifs is 2. The number of hydrogen-bond donors (Lipinski definition) is 3. The van der Waals surface area contributed by atoms with Crippen molar-refractivity contribution in [3.63, 3.8) is 0 Å². The summed E-state index contributed by atoms with van der Waals surface area (Å²) in [5, 5.41) is 9.03. The van der Waals surface area contributed by atoms with Gasteiger partial charge in [0.25, 0.3) is 12.3 Å². The monoisotopic (exact) mass is 544 g/mol. The molecule has 1 fully saturated rings. The number of rotatable bonds is 7. The lowest BCUT2D eigenvalue weighted by Gasteiger charge is -2.34. The number of likely N-dealkylation sites (N-methyl/N-ethyl adjacent to an activating group) is 1. The zero-order chi connectivity index (χ0) is 27.6. The van der Waals surface area contributed by atoms with Gasteiger partial charge in [-0.05, 0) is 60.6 Å². The van der Waals surface area contributed by atoms with Crippen LogP contribution in [-0.4, -0.2) is 77.9 Å². The molecule has 40 heavy (non-hydrogen) atoms. The minimum absolute atomic E-state index is 0.198. The Morgan fingerprint density at radius 1 is 1.10 bits per heavy atom. The highest BCUT2D eigenvalue weighted by Gasteiger charge is 2.19. The van der Waals surface area contributed by atoms with E-state index < -0.39 is 18.9 Å². The molecule has 1 amide bonds. The molecular formula is C29H30F2N8O. The molecule has 5 heterocycles. The van der Waals surface area contributed by atoms with Crippen molar-refractivity contribution in [1.29, 1.82) is 0 Å². The topological polar surface area (TPSA) is 89.8 Å². The van der Waals surface area contributed by atoms with Gasteiger partial charge in [-0.1, -0.05) is 12.1 Å². The van der Waals surface area contributed by atoms with Crippen LogP contribution in [0.3, 0.4) is 0 Å². The number of alkyl halides is 2. The standard InChI is InChI=1S/C29H30F2N8O/c1-37-11-13-38(14-12-37)21-4-2-3-20(15-21)35-26-7-6-23-22(9-10-32-28(23)36-26)19-5-8-27-33-16-24(39(27)18-19)29(40)34-17-25(30)31/h2-9,15-16,18,25H,10-14,17H2,1H3,(H,34,40)(H2,32,35,36). The van der Waals surface area contributed by atoms with Crippen LogP contribution in [0.25, 0.3) is 11.2 Å². The van der Waals surface area contributed by atoms with Gasteiger partial charge in [0, 0.05) is 55.9 Å². The third kappa shape index (κ3) is 5.32. The predicted octanol–water partition coefficient (Wildman–Crippen LogP) is 4.08. The quantitative estimate of drug-likeness (QED) is 0.323. The Kier molecular flexibility index (Phi) is 7.04. The smallest absolute Gasteiger partial charge is 0.270 e. The average molecular weight is 545 g/mol. The highest BCUT2D eigenvalue weighted by Crippen LogP contribution is 2.33. The minimum atomic E-state index is -2.62. The van der Waals surface area contributed by atoms with Crippen molar-refractivity contribution in [2.45, 2.75) is 6.43 Å². The van der Waals surface area contributed by atoms with E-state index in [0.717, 1.165) is 60.2 Å². The van der Waals surface area contributed by atoms with Gasteiger partial charge in [0.15, 0.2) is 0 Å². The maximum Gasteiger partial charge on any atom is 0.270 e. The second-order valence-electron chi connectivity index (χ2n) is 9.95. The van der Waals surface area contributed by atoms with Crippen LogP contribution in [0.2, 0.25) is 0 Å². The van der Waals surface area contributed by atoms with Crippen LogP contribution < -0.4 is 20.9 Å². The summed E-state index contributed by atoms with van der Waals surface area (Å²) >= 11 is 0. The number of imidazole rings is 1. The van der Waals surface area contributed by atoms with Crippen LogP contribution in [0.4, 0.5) is 31.8 Å². The molecule has 2 aliphatic heterocycles. The van der Waals surface area contributed by atoms with Crippen LogP contribution >= 0.6 is 0 Å². The Hall–Kier alpha value is -4.51. The average Bonchev–Trinajstić information content (AvgIpc) is 3.39. The van der Waals surface area contributed by atoms with Crippen LogP contribution in [0, 0.1) is 0 Å². The van der Waals surface area contributed by atoms with Gasteiger partial charge in [0.2, 0.25) is 0 Å². The number of amides is 1. The summed E-state index contributed by atoms with van der Waals surface area (Å²) in [5.41, 5.74) is 5.65. The van der Waals surface area contributed by atoms with Crippen molar-refractivity contribution in [2.24, 2.45) is 0 Å². The number of aromatic nitrogens is 3. The second kappa shape index (κ2) is 10.9. The Morgan fingerprint density at radius 3 is 2.77 bits per heavy atom. The lowest BCUT2D eigenvalue weighted by atomic mass is 9.97. The van der Waals surface area contributed by atoms with Crippen LogP contribution in [0.5, 0.6) is 0 Å². The van der Waals surface area contributed by atoms with Crippen molar-refractivity contribution in [1.82, 2.24) is 24.6 Å². The lowest BCUT2D eigenvalue weighted by Crippen LogP contribution is -2.44. The Bertz CT molecular complexity index is 1580. The molecule has 1 aromatic carbocycles. The Morgan fingerprint density at radius 2 is 1.95 bits per heavy atom. The molecule has 206 valence electrons. The molecule has 1 saturated heterocycles. The maximum atomic E-state index is 12.6. The molecular weight excluding hydrogens is 514 g/mol. The SMILES string of the molecule is CN1CCN(c2cccc(Nc3ccc4c(n3)NCC=C4c3ccc4ncc(C(=O)NCC(F)F)n4c3)c2)CC1. The molecule has 0 bridgehead atoms. The summed E-state index contributed by atoms with van der Waals surface area (Å²) < 4.78 is 26.8. The zero-order valence-corrected chi connectivity index (χ0v) is 22.1. The summed E-state index contributed by atoms with van der Waals surface area (Å²) in [7, 11) is 2.15. The second-order valence-corrected chi connectivity index (χ2v) is 9.95. The van der Waals surface area contributed by atoms with Crippen LogP contribution in [0.1, 0.15) is 21.6 Å². The van der Waals surface area contributed by atoms with Gasteiger partial charge in [-0.25, -0.2) is 18.7 Å². The van der Waals surface area contributed by atoms with E-state index in [-0.39, 0.29) is 5.69 Å². The van der Waals surface area contributed by atoms with Crippen LogP contribution in [0.15, 0.2) is 67.0 Å². The number of nitrogens with zero attached hydrogens (tertiary/aromatic N) is 5. The van der Waals surface area contributed by atoms with E-state index in [9.17, 15) is 13.6 Å². The molecule has 9 nitrogen and oxygen atoms in total. The van der Waals surface area contributed by atoms with Crippen molar-refractivity contribution in [3.8, 4) is 0 Å². The van der Waals surface area contributed by atoms with Crippen LogP contribution in [-0.2, 0) is 0 Å². The first-order chi connectivity index (χ1) is 19.4. The number of carbonyl (C=O) groups is 1.